The summed E-state index contributed by atoms with van der Waals surface area (Å²) in [5.41, 5.74) is 2.23. The summed E-state index contributed by atoms with van der Waals surface area (Å²) in [6.07, 6.45) is 5.06. The van der Waals surface area contributed by atoms with Crippen LogP contribution in [0.15, 0.2) is 6.07 Å². The quantitative estimate of drug-likeness (QED) is 0.749. The van der Waals surface area contributed by atoms with Crippen molar-refractivity contribution in [2.75, 3.05) is 26.0 Å². The Balaban J connectivity index is 0.00000243. The van der Waals surface area contributed by atoms with Gasteiger partial charge in [0.1, 0.15) is 0 Å². The Labute approximate surface area is 162 Å². The van der Waals surface area contributed by atoms with Gasteiger partial charge in [-0.2, -0.15) is 5.10 Å². The van der Waals surface area contributed by atoms with Crippen molar-refractivity contribution in [2.45, 2.75) is 63.6 Å². The lowest BCUT2D eigenvalue weighted by atomic mass is 9.98. The zero-order chi connectivity index (χ0) is 18.0. The lowest BCUT2D eigenvalue weighted by molar-refractivity contribution is 0.00302. The van der Waals surface area contributed by atoms with Crippen LogP contribution in [0.3, 0.4) is 0 Å². The number of piperidine rings is 1. The first-order chi connectivity index (χ1) is 11.8. The normalized spacial score (nSPS) is 24.3. The van der Waals surface area contributed by atoms with E-state index in [0.717, 1.165) is 44.5 Å². The van der Waals surface area contributed by atoms with E-state index in [4.69, 9.17) is 9.84 Å². The molecule has 2 aliphatic rings. The number of ether oxygens (including phenoxy) is 1. The molecule has 0 bridgehead atoms. The second-order valence-electron chi connectivity index (χ2n) is 7.55. The SMILES string of the molecule is CC(C)c1cc2n(n1)[C@@H](COC1CCNCC1)[C@@H](NS(C)(=O)=O)CC2.Cl. The maximum atomic E-state index is 11.8. The summed E-state index contributed by atoms with van der Waals surface area (Å²) in [6, 6.07) is 1.88. The molecule has 2 atom stereocenters. The van der Waals surface area contributed by atoms with Crippen molar-refractivity contribution in [3.63, 3.8) is 0 Å². The fourth-order valence-electron chi connectivity index (χ4n) is 3.67. The van der Waals surface area contributed by atoms with E-state index in [-0.39, 0.29) is 30.6 Å². The molecule has 0 unspecified atom stereocenters. The van der Waals surface area contributed by atoms with Crippen molar-refractivity contribution in [1.29, 1.82) is 0 Å². The average Bonchev–Trinajstić information content (AvgIpc) is 2.98. The van der Waals surface area contributed by atoms with Gasteiger partial charge in [0.2, 0.25) is 10.0 Å². The summed E-state index contributed by atoms with van der Waals surface area (Å²) >= 11 is 0. The van der Waals surface area contributed by atoms with Crippen molar-refractivity contribution >= 4 is 22.4 Å². The third kappa shape index (κ3) is 5.42. The van der Waals surface area contributed by atoms with E-state index in [9.17, 15) is 8.42 Å². The van der Waals surface area contributed by atoms with Crippen molar-refractivity contribution in [3.05, 3.63) is 17.5 Å². The Morgan fingerprint density at radius 2 is 2.04 bits per heavy atom. The van der Waals surface area contributed by atoms with Crippen LogP contribution in [0.2, 0.25) is 0 Å². The van der Waals surface area contributed by atoms with E-state index in [1.165, 1.54) is 11.9 Å². The molecule has 0 amide bonds. The first-order valence-electron chi connectivity index (χ1n) is 9.21. The first-order valence-corrected chi connectivity index (χ1v) is 11.1. The number of hydrogen-bond acceptors (Lipinski definition) is 5. The Morgan fingerprint density at radius 3 is 2.65 bits per heavy atom. The Hall–Kier alpha value is -0.670. The minimum Gasteiger partial charge on any atom is -0.376 e. The number of aryl methyl sites for hydroxylation is 1. The first kappa shape index (κ1) is 21.6. The lowest BCUT2D eigenvalue weighted by Gasteiger charge is -2.34. The molecule has 2 aliphatic heterocycles. The van der Waals surface area contributed by atoms with Gasteiger partial charge >= 0.3 is 0 Å². The van der Waals surface area contributed by atoms with Gasteiger partial charge in [-0.1, -0.05) is 13.8 Å². The molecular weight excluding hydrogens is 376 g/mol. The number of aromatic nitrogens is 2. The summed E-state index contributed by atoms with van der Waals surface area (Å²) in [7, 11) is -3.27. The smallest absolute Gasteiger partial charge is 0.209 e. The average molecular weight is 407 g/mol. The van der Waals surface area contributed by atoms with Gasteiger partial charge in [0.15, 0.2) is 0 Å². The maximum Gasteiger partial charge on any atom is 0.209 e. The highest BCUT2D eigenvalue weighted by atomic mass is 35.5. The minimum absolute atomic E-state index is 0. The molecule has 26 heavy (non-hydrogen) atoms. The van der Waals surface area contributed by atoms with E-state index in [1.54, 1.807) is 0 Å². The summed E-state index contributed by atoms with van der Waals surface area (Å²) in [6.45, 7) is 6.70. The molecule has 2 N–H and O–H groups in total. The van der Waals surface area contributed by atoms with Crippen LogP contribution in [0, 0.1) is 0 Å². The predicted octanol–water partition coefficient (Wildman–Crippen LogP) is 1.60. The molecule has 0 aromatic carbocycles. The van der Waals surface area contributed by atoms with Crippen LogP contribution in [0.1, 0.15) is 56.5 Å². The largest absolute Gasteiger partial charge is 0.376 e. The van der Waals surface area contributed by atoms with Crippen molar-refractivity contribution in [2.24, 2.45) is 0 Å². The van der Waals surface area contributed by atoms with Crippen LogP contribution in [-0.2, 0) is 21.2 Å². The maximum absolute atomic E-state index is 11.8. The summed E-state index contributed by atoms with van der Waals surface area (Å²) in [5.74, 6) is 0.352. The van der Waals surface area contributed by atoms with Gasteiger partial charge in [0, 0.05) is 11.7 Å². The van der Waals surface area contributed by atoms with Gasteiger partial charge in [0.05, 0.1) is 30.7 Å². The minimum atomic E-state index is -3.27. The van der Waals surface area contributed by atoms with E-state index in [1.807, 2.05) is 4.68 Å². The molecule has 7 nitrogen and oxygen atoms in total. The number of sulfonamides is 1. The summed E-state index contributed by atoms with van der Waals surface area (Å²) in [4.78, 5) is 0. The second kappa shape index (κ2) is 9.01. The topological polar surface area (TPSA) is 85.2 Å². The van der Waals surface area contributed by atoms with Gasteiger partial charge in [-0.3, -0.25) is 4.68 Å². The van der Waals surface area contributed by atoms with Gasteiger partial charge in [-0.05, 0) is 50.8 Å². The molecule has 1 fully saturated rings. The van der Waals surface area contributed by atoms with Gasteiger partial charge in [0.25, 0.3) is 0 Å². The molecule has 3 rings (SSSR count). The zero-order valence-corrected chi connectivity index (χ0v) is 17.4. The van der Waals surface area contributed by atoms with Crippen molar-refractivity contribution < 1.29 is 13.2 Å². The molecule has 9 heteroatoms. The van der Waals surface area contributed by atoms with Crippen LogP contribution in [0.4, 0.5) is 0 Å². The molecule has 0 spiro atoms. The second-order valence-corrected chi connectivity index (χ2v) is 9.33. The molecule has 0 aliphatic carbocycles. The summed E-state index contributed by atoms with van der Waals surface area (Å²) < 4.78 is 34.5. The Bertz CT molecular complexity index is 686. The molecule has 150 valence electrons. The van der Waals surface area contributed by atoms with Crippen molar-refractivity contribution in [3.8, 4) is 0 Å². The third-order valence-electron chi connectivity index (χ3n) is 5.07. The van der Waals surface area contributed by atoms with Gasteiger partial charge < -0.3 is 10.1 Å². The Morgan fingerprint density at radius 1 is 1.35 bits per heavy atom. The predicted molar refractivity (Wildman–Crippen MR) is 105 cm³/mol. The van der Waals surface area contributed by atoms with Crippen LogP contribution < -0.4 is 10.0 Å². The van der Waals surface area contributed by atoms with Crippen LogP contribution >= 0.6 is 12.4 Å². The fraction of sp³-hybridized carbons (Fsp3) is 0.824. The lowest BCUT2D eigenvalue weighted by Crippen LogP contribution is -2.46. The van der Waals surface area contributed by atoms with Gasteiger partial charge in [-0.25, -0.2) is 13.1 Å². The molecule has 1 saturated heterocycles. The standard InChI is InChI=1S/C17H30N4O3S.ClH/c1-12(2)16-10-13-4-5-15(20-25(3,22)23)17(21(13)19-16)11-24-14-6-8-18-9-7-14;/h10,12,14-15,17-18,20H,4-9,11H2,1-3H3;1H/t15-,17-;/m0./s1. The molecule has 1 aromatic heterocycles. The number of halogens is 1. The molecule has 1 aromatic rings. The highest BCUT2D eigenvalue weighted by Gasteiger charge is 2.33. The highest BCUT2D eigenvalue weighted by Crippen LogP contribution is 2.29. The summed E-state index contributed by atoms with van der Waals surface area (Å²) in [5, 5.41) is 8.10. The highest BCUT2D eigenvalue weighted by molar-refractivity contribution is 7.88. The van der Waals surface area contributed by atoms with E-state index < -0.39 is 10.0 Å². The van der Waals surface area contributed by atoms with Crippen LogP contribution in [0.5, 0.6) is 0 Å². The number of hydrogen-bond donors (Lipinski definition) is 2. The number of rotatable bonds is 6. The van der Waals surface area contributed by atoms with E-state index in [0.29, 0.717) is 12.5 Å². The zero-order valence-electron chi connectivity index (χ0n) is 15.8. The van der Waals surface area contributed by atoms with Crippen molar-refractivity contribution in [1.82, 2.24) is 19.8 Å². The van der Waals surface area contributed by atoms with Crippen LogP contribution in [0.25, 0.3) is 0 Å². The molecular formula is C17H31ClN4O3S. The number of nitrogens with one attached hydrogen (secondary N) is 2. The fourth-order valence-corrected chi connectivity index (χ4v) is 4.50. The Kier molecular flexibility index (Phi) is 7.50. The van der Waals surface area contributed by atoms with E-state index >= 15 is 0 Å². The molecule has 0 saturated carbocycles. The number of fused-ring (bicyclic) bond motifs is 1. The monoisotopic (exact) mass is 406 g/mol. The van der Waals surface area contributed by atoms with E-state index in [2.05, 4.69) is 30.0 Å². The number of nitrogens with zero attached hydrogens (tertiary/aromatic N) is 2. The molecule has 3 heterocycles. The van der Waals surface area contributed by atoms with Crippen LogP contribution in [-0.4, -0.2) is 56.3 Å². The molecule has 0 radical (unpaired) electrons. The van der Waals surface area contributed by atoms with Gasteiger partial charge in [-0.15, -0.1) is 12.4 Å². The third-order valence-corrected chi connectivity index (χ3v) is 5.80.